The molecule has 2 aromatic carbocycles. The Morgan fingerprint density at radius 1 is 0.935 bits per heavy atom. The number of anilines is 1. The fourth-order valence-electron chi connectivity index (χ4n) is 5.14. The normalized spacial score (nSPS) is 18.7. The third-order valence-electron chi connectivity index (χ3n) is 6.93. The first-order valence-corrected chi connectivity index (χ1v) is 11.7. The van der Waals surface area contributed by atoms with Gasteiger partial charge in [0, 0.05) is 30.7 Å². The van der Waals surface area contributed by atoms with Gasteiger partial charge in [-0.1, -0.05) is 37.5 Å². The van der Waals surface area contributed by atoms with Crippen LogP contribution in [-0.2, 0) is 6.42 Å². The maximum atomic E-state index is 4.63. The van der Waals surface area contributed by atoms with E-state index >= 15 is 0 Å². The van der Waals surface area contributed by atoms with E-state index in [0.717, 1.165) is 36.5 Å². The molecule has 0 atom stereocenters. The lowest BCUT2D eigenvalue weighted by molar-refractivity contribution is 0.444. The molecule has 4 heteroatoms. The van der Waals surface area contributed by atoms with Crippen LogP contribution >= 0.6 is 0 Å². The van der Waals surface area contributed by atoms with Gasteiger partial charge < -0.3 is 9.88 Å². The molecule has 160 valence electrons. The first kappa shape index (κ1) is 20.0. The monoisotopic (exact) mass is 412 g/mol. The van der Waals surface area contributed by atoms with E-state index in [4.69, 9.17) is 0 Å². The van der Waals surface area contributed by atoms with E-state index in [1.165, 1.54) is 65.5 Å². The number of nitrogens with one attached hydrogen (secondary N) is 1. The van der Waals surface area contributed by atoms with Gasteiger partial charge in [0.05, 0.1) is 17.6 Å². The molecule has 0 spiro atoms. The fourth-order valence-corrected chi connectivity index (χ4v) is 5.14. The molecular weight excluding hydrogens is 380 g/mol. The zero-order valence-electron chi connectivity index (χ0n) is 18.7. The highest BCUT2D eigenvalue weighted by Gasteiger charge is 2.22. The molecule has 0 unspecified atom stereocenters. The zero-order valence-corrected chi connectivity index (χ0v) is 18.7. The summed E-state index contributed by atoms with van der Waals surface area (Å²) in [5.74, 6) is 0.740. The number of aryl methyl sites for hydroxylation is 1. The number of H-pyrrole nitrogens is 1. The summed E-state index contributed by atoms with van der Waals surface area (Å²) in [6.45, 7) is 0. The van der Waals surface area contributed by atoms with Crippen molar-refractivity contribution in [3.63, 3.8) is 0 Å². The molecule has 1 aromatic heterocycles. The van der Waals surface area contributed by atoms with Crippen LogP contribution in [0.1, 0.15) is 73.2 Å². The van der Waals surface area contributed by atoms with Crippen molar-refractivity contribution in [2.45, 2.75) is 57.3 Å². The molecule has 2 aliphatic carbocycles. The average molecular weight is 413 g/mol. The minimum Gasteiger partial charge on any atom is -0.378 e. The summed E-state index contributed by atoms with van der Waals surface area (Å²) in [6, 6.07) is 15.5. The molecule has 4 nitrogen and oxygen atoms in total. The maximum Gasteiger partial charge on any atom is 0.0867 e. The van der Waals surface area contributed by atoms with Crippen LogP contribution in [0.3, 0.4) is 0 Å². The van der Waals surface area contributed by atoms with Crippen molar-refractivity contribution in [1.82, 2.24) is 4.98 Å². The minimum atomic E-state index is 0.740. The van der Waals surface area contributed by atoms with Crippen LogP contribution in [0.2, 0.25) is 0 Å². The SMILES string of the molecule is CN(C)c1ccc(C=N/N=C2\CCCc3c2[nH]c2ccc(C4CCCCC4)cc32)cc1. The number of hydrogen-bond donors (Lipinski definition) is 1. The van der Waals surface area contributed by atoms with E-state index < -0.39 is 0 Å². The van der Waals surface area contributed by atoms with Crippen LogP contribution in [0.25, 0.3) is 10.9 Å². The van der Waals surface area contributed by atoms with Crippen molar-refractivity contribution in [2.24, 2.45) is 10.2 Å². The number of aromatic amines is 1. The lowest BCUT2D eigenvalue weighted by Crippen LogP contribution is -2.11. The second kappa shape index (κ2) is 8.70. The van der Waals surface area contributed by atoms with Gasteiger partial charge in [-0.05, 0) is 79.0 Å². The topological polar surface area (TPSA) is 43.8 Å². The molecule has 3 aromatic rings. The van der Waals surface area contributed by atoms with Gasteiger partial charge in [-0.2, -0.15) is 10.2 Å². The largest absolute Gasteiger partial charge is 0.378 e. The summed E-state index contributed by atoms with van der Waals surface area (Å²) < 4.78 is 0. The Kier molecular flexibility index (Phi) is 5.63. The van der Waals surface area contributed by atoms with Crippen LogP contribution in [0, 0.1) is 0 Å². The van der Waals surface area contributed by atoms with Gasteiger partial charge in [0.25, 0.3) is 0 Å². The van der Waals surface area contributed by atoms with Crippen LogP contribution in [-0.4, -0.2) is 31.0 Å². The summed E-state index contributed by atoms with van der Waals surface area (Å²) in [5.41, 5.74) is 8.73. The van der Waals surface area contributed by atoms with E-state index in [2.05, 4.69) is 62.6 Å². The minimum absolute atomic E-state index is 0.740. The number of nitrogens with zero attached hydrogens (tertiary/aromatic N) is 3. The molecule has 1 heterocycles. The Morgan fingerprint density at radius 3 is 2.52 bits per heavy atom. The van der Waals surface area contributed by atoms with E-state index in [1.807, 2.05) is 20.3 Å². The molecule has 0 radical (unpaired) electrons. The maximum absolute atomic E-state index is 4.63. The Hall–Kier alpha value is -2.88. The number of fused-ring (bicyclic) bond motifs is 3. The second-order valence-electron chi connectivity index (χ2n) is 9.25. The Bertz CT molecular complexity index is 1110. The predicted octanol–water partition coefficient (Wildman–Crippen LogP) is 6.44. The van der Waals surface area contributed by atoms with Gasteiger partial charge >= 0.3 is 0 Å². The number of aromatic nitrogens is 1. The van der Waals surface area contributed by atoms with E-state index in [0.29, 0.717) is 0 Å². The van der Waals surface area contributed by atoms with Crippen molar-refractivity contribution >= 4 is 28.5 Å². The second-order valence-corrected chi connectivity index (χ2v) is 9.25. The standard InChI is InChI=1S/C27H32N4/c1-31(2)22-14-11-19(12-15-22)18-28-30-26-10-6-9-23-24-17-21(20-7-4-3-5-8-20)13-16-25(24)29-27(23)26/h11-18,20,29H,3-10H2,1-2H3/b28-18?,30-26+. The van der Waals surface area contributed by atoms with Gasteiger partial charge in [-0.3, -0.25) is 0 Å². The Labute approximate surface area is 185 Å². The fraction of sp³-hybridized carbons (Fsp3) is 0.407. The molecule has 1 saturated carbocycles. The van der Waals surface area contributed by atoms with Crippen molar-refractivity contribution < 1.29 is 0 Å². The van der Waals surface area contributed by atoms with Crippen LogP contribution in [0.15, 0.2) is 52.7 Å². The molecule has 0 amide bonds. The molecular formula is C27H32N4. The van der Waals surface area contributed by atoms with Crippen molar-refractivity contribution in [2.75, 3.05) is 19.0 Å². The molecule has 0 saturated heterocycles. The highest BCUT2D eigenvalue weighted by Crippen LogP contribution is 2.36. The van der Waals surface area contributed by atoms with Crippen molar-refractivity contribution in [1.29, 1.82) is 0 Å². The van der Waals surface area contributed by atoms with Gasteiger partial charge in [0.2, 0.25) is 0 Å². The summed E-state index contributed by atoms with van der Waals surface area (Å²) in [7, 11) is 4.10. The first-order valence-electron chi connectivity index (χ1n) is 11.7. The Morgan fingerprint density at radius 2 is 1.74 bits per heavy atom. The number of hydrogen-bond acceptors (Lipinski definition) is 3. The van der Waals surface area contributed by atoms with E-state index in [-0.39, 0.29) is 0 Å². The third-order valence-corrected chi connectivity index (χ3v) is 6.93. The molecule has 0 bridgehead atoms. The van der Waals surface area contributed by atoms with Crippen LogP contribution in [0.4, 0.5) is 5.69 Å². The molecule has 2 aliphatic rings. The molecule has 0 aliphatic heterocycles. The van der Waals surface area contributed by atoms with Crippen LogP contribution < -0.4 is 4.90 Å². The lowest BCUT2D eigenvalue weighted by atomic mass is 9.83. The van der Waals surface area contributed by atoms with Crippen LogP contribution in [0.5, 0.6) is 0 Å². The first-order chi connectivity index (χ1) is 15.2. The quantitative estimate of drug-likeness (QED) is 0.389. The summed E-state index contributed by atoms with van der Waals surface area (Å²) in [4.78, 5) is 5.75. The highest BCUT2D eigenvalue weighted by atomic mass is 15.2. The molecule has 5 rings (SSSR count). The van der Waals surface area contributed by atoms with Gasteiger partial charge in [0.1, 0.15) is 0 Å². The van der Waals surface area contributed by atoms with Gasteiger partial charge in [-0.15, -0.1) is 0 Å². The Balaban J connectivity index is 1.41. The van der Waals surface area contributed by atoms with Crippen molar-refractivity contribution in [3.8, 4) is 0 Å². The highest BCUT2D eigenvalue weighted by molar-refractivity contribution is 6.06. The number of benzene rings is 2. The number of rotatable bonds is 4. The van der Waals surface area contributed by atoms with E-state index in [1.54, 1.807) is 0 Å². The zero-order chi connectivity index (χ0) is 21.2. The summed E-state index contributed by atoms with van der Waals surface area (Å²) in [5, 5.41) is 10.5. The summed E-state index contributed by atoms with van der Waals surface area (Å²) in [6.07, 6.45) is 11.9. The van der Waals surface area contributed by atoms with Crippen molar-refractivity contribution in [3.05, 3.63) is 64.8 Å². The summed E-state index contributed by atoms with van der Waals surface area (Å²) >= 11 is 0. The molecule has 31 heavy (non-hydrogen) atoms. The third kappa shape index (κ3) is 4.16. The van der Waals surface area contributed by atoms with Gasteiger partial charge in [-0.25, -0.2) is 0 Å². The smallest absolute Gasteiger partial charge is 0.0867 e. The predicted molar refractivity (Wildman–Crippen MR) is 132 cm³/mol. The lowest BCUT2D eigenvalue weighted by Gasteiger charge is -2.22. The molecule has 1 N–H and O–H groups in total. The van der Waals surface area contributed by atoms with E-state index in [9.17, 15) is 0 Å². The van der Waals surface area contributed by atoms with Gasteiger partial charge in [0.15, 0.2) is 0 Å². The average Bonchev–Trinajstić information content (AvgIpc) is 3.19. The molecule has 1 fully saturated rings.